The van der Waals surface area contributed by atoms with Crippen LogP contribution in [0.4, 0.5) is 9.59 Å². The first-order chi connectivity index (χ1) is 10.4. The molecule has 132 valence electrons. The van der Waals surface area contributed by atoms with Crippen LogP contribution < -0.4 is 0 Å². The smallest absolute Gasteiger partial charge is 0.410 e. The van der Waals surface area contributed by atoms with Crippen molar-refractivity contribution in [2.45, 2.75) is 38.5 Å². The van der Waals surface area contributed by atoms with Crippen molar-refractivity contribution >= 4 is 22.0 Å². The third kappa shape index (κ3) is 3.88. The molecule has 0 spiro atoms. The summed E-state index contributed by atoms with van der Waals surface area (Å²) >= 11 is 0. The number of carbonyl (C=O) groups is 2. The van der Waals surface area contributed by atoms with Crippen LogP contribution in [-0.2, 0) is 14.6 Å². The summed E-state index contributed by atoms with van der Waals surface area (Å²) in [6.07, 6.45) is -0.526. The number of hydrogen-bond donors (Lipinski definition) is 0. The van der Waals surface area contributed by atoms with Gasteiger partial charge in [-0.05, 0) is 20.8 Å². The van der Waals surface area contributed by atoms with Crippen LogP contribution in [0.5, 0.6) is 0 Å². The van der Waals surface area contributed by atoms with E-state index in [1.807, 2.05) is 0 Å². The van der Waals surface area contributed by atoms with Gasteiger partial charge in [-0.1, -0.05) is 0 Å². The van der Waals surface area contributed by atoms with E-state index in [0.717, 1.165) is 0 Å². The molecule has 3 amide bonds. The number of rotatable bonds is 0. The average Bonchev–Trinajstić information content (AvgIpc) is 2.68. The highest BCUT2D eigenvalue weighted by atomic mass is 32.2. The minimum Gasteiger partial charge on any atom is -0.444 e. The Morgan fingerprint density at radius 3 is 2.00 bits per heavy atom. The number of hydrogen-bond acceptors (Lipinski definition) is 5. The molecule has 2 heterocycles. The van der Waals surface area contributed by atoms with Gasteiger partial charge in [0.25, 0.3) is 0 Å². The van der Waals surface area contributed by atoms with Crippen LogP contribution >= 0.6 is 0 Å². The fourth-order valence-electron chi connectivity index (χ4n) is 2.99. The zero-order chi connectivity index (χ0) is 17.6. The lowest BCUT2D eigenvalue weighted by molar-refractivity contribution is -0.00403. The third-order valence-electron chi connectivity index (χ3n) is 3.93. The molecule has 0 aliphatic carbocycles. The third-order valence-corrected chi connectivity index (χ3v) is 5.63. The van der Waals surface area contributed by atoms with E-state index in [4.69, 9.17) is 4.74 Å². The Hall–Kier alpha value is -1.51. The SMILES string of the molecule is CN(C)C(=O)N1CCN(C(=O)OC(C)(C)C)C2CS(=O)(=O)CC21. The first-order valence-electron chi connectivity index (χ1n) is 7.59. The zero-order valence-corrected chi connectivity index (χ0v) is 15.1. The van der Waals surface area contributed by atoms with Crippen LogP contribution in [-0.4, -0.2) is 91.6 Å². The zero-order valence-electron chi connectivity index (χ0n) is 14.3. The second-order valence-electron chi connectivity index (χ2n) is 7.26. The highest BCUT2D eigenvalue weighted by Crippen LogP contribution is 2.28. The predicted octanol–water partition coefficient (Wildman–Crippen LogP) is 0.386. The fraction of sp³-hybridized carbons (Fsp3) is 0.857. The minimum atomic E-state index is -3.29. The molecule has 23 heavy (non-hydrogen) atoms. The largest absolute Gasteiger partial charge is 0.444 e. The molecule has 0 bridgehead atoms. The van der Waals surface area contributed by atoms with Gasteiger partial charge in [0, 0.05) is 27.2 Å². The highest BCUT2D eigenvalue weighted by Gasteiger charge is 2.50. The molecule has 2 saturated heterocycles. The van der Waals surface area contributed by atoms with E-state index in [1.54, 1.807) is 39.8 Å². The van der Waals surface area contributed by atoms with E-state index in [-0.39, 0.29) is 24.1 Å². The lowest BCUT2D eigenvalue weighted by Gasteiger charge is -2.44. The average molecular weight is 347 g/mol. The molecule has 0 N–H and O–H groups in total. The molecule has 0 saturated carbocycles. The summed E-state index contributed by atoms with van der Waals surface area (Å²) in [5, 5.41) is 0. The molecule has 0 radical (unpaired) electrons. The van der Waals surface area contributed by atoms with Crippen LogP contribution in [0.1, 0.15) is 20.8 Å². The number of sulfone groups is 1. The maximum Gasteiger partial charge on any atom is 0.410 e. The Kier molecular flexibility index (Phi) is 4.53. The van der Waals surface area contributed by atoms with Crippen LogP contribution in [0.15, 0.2) is 0 Å². The molecule has 0 aromatic rings. The number of piperazine rings is 1. The minimum absolute atomic E-state index is 0.115. The van der Waals surface area contributed by atoms with Gasteiger partial charge in [-0.3, -0.25) is 0 Å². The Bertz CT molecular complexity index is 596. The van der Waals surface area contributed by atoms with Crippen molar-refractivity contribution in [3.05, 3.63) is 0 Å². The molecule has 0 aromatic carbocycles. The number of fused-ring (bicyclic) bond motifs is 1. The van der Waals surface area contributed by atoms with E-state index < -0.39 is 33.6 Å². The van der Waals surface area contributed by atoms with Crippen molar-refractivity contribution < 1.29 is 22.7 Å². The molecule has 9 heteroatoms. The van der Waals surface area contributed by atoms with Crippen molar-refractivity contribution in [1.82, 2.24) is 14.7 Å². The quantitative estimate of drug-likeness (QED) is 0.632. The van der Waals surface area contributed by atoms with E-state index in [9.17, 15) is 18.0 Å². The molecule has 2 aliphatic heterocycles. The maximum atomic E-state index is 12.4. The van der Waals surface area contributed by atoms with Crippen molar-refractivity contribution in [3.8, 4) is 0 Å². The van der Waals surface area contributed by atoms with Crippen molar-refractivity contribution in [2.75, 3.05) is 38.7 Å². The second kappa shape index (κ2) is 5.85. The van der Waals surface area contributed by atoms with E-state index in [0.29, 0.717) is 6.54 Å². The predicted molar refractivity (Wildman–Crippen MR) is 85.0 cm³/mol. The van der Waals surface area contributed by atoms with Gasteiger partial charge >= 0.3 is 12.1 Å². The lowest BCUT2D eigenvalue weighted by Crippen LogP contribution is -2.63. The monoisotopic (exact) mass is 347 g/mol. The summed E-state index contributed by atoms with van der Waals surface area (Å²) in [5.74, 6) is -0.245. The number of urea groups is 1. The second-order valence-corrected chi connectivity index (χ2v) is 9.41. The Morgan fingerprint density at radius 1 is 1.04 bits per heavy atom. The molecule has 2 unspecified atom stereocenters. The number of carbonyl (C=O) groups excluding carboxylic acids is 2. The Labute approximate surface area is 137 Å². The summed E-state index contributed by atoms with van der Waals surface area (Å²) in [4.78, 5) is 29.1. The van der Waals surface area contributed by atoms with Gasteiger partial charge in [-0.2, -0.15) is 0 Å². The van der Waals surface area contributed by atoms with Gasteiger partial charge in [-0.15, -0.1) is 0 Å². The molecule has 2 fully saturated rings. The number of nitrogens with zero attached hydrogens (tertiary/aromatic N) is 3. The summed E-state index contributed by atoms with van der Waals surface area (Å²) in [6, 6.07) is -1.30. The first-order valence-corrected chi connectivity index (χ1v) is 9.41. The molecule has 8 nitrogen and oxygen atoms in total. The summed E-state index contributed by atoms with van der Waals surface area (Å²) in [7, 11) is -0.0409. The number of amides is 3. The standard InChI is InChI=1S/C14H25N3O5S/c1-14(2,3)22-13(19)17-7-6-16(12(18)15(4)5)10-8-23(20,21)9-11(10)17/h10-11H,6-9H2,1-5H3. The normalized spacial score (nSPS) is 26.7. The molecule has 2 aliphatic rings. The first kappa shape index (κ1) is 17.8. The molecular formula is C14H25N3O5S. The lowest BCUT2D eigenvalue weighted by atomic mass is 10.1. The van der Waals surface area contributed by atoms with Crippen molar-refractivity contribution in [1.29, 1.82) is 0 Å². The number of ether oxygens (including phenoxy) is 1. The van der Waals surface area contributed by atoms with Crippen LogP contribution in [0.25, 0.3) is 0 Å². The van der Waals surface area contributed by atoms with Crippen LogP contribution in [0.3, 0.4) is 0 Å². The molecular weight excluding hydrogens is 322 g/mol. The van der Waals surface area contributed by atoms with E-state index in [2.05, 4.69) is 0 Å². The summed E-state index contributed by atoms with van der Waals surface area (Å²) in [5.41, 5.74) is -0.652. The van der Waals surface area contributed by atoms with Crippen molar-refractivity contribution in [2.24, 2.45) is 0 Å². The fourth-order valence-corrected chi connectivity index (χ4v) is 4.98. The van der Waals surface area contributed by atoms with Gasteiger partial charge in [0.05, 0.1) is 23.6 Å². The Morgan fingerprint density at radius 2 is 1.52 bits per heavy atom. The highest BCUT2D eigenvalue weighted by molar-refractivity contribution is 7.91. The summed E-state index contributed by atoms with van der Waals surface area (Å²) < 4.78 is 29.5. The Balaban J connectivity index is 2.25. The summed E-state index contributed by atoms with van der Waals surface area (Å²) in [6.45, 7) is 5.86. The topological polar surface area (TPSA) is 87.2 Å². The van der Waals surface area contributed by atoms with Gasteiger partial charge in [-0.25, -0.2) is 18.0 Å². The molecule has 2 rings (SSSR count). The van der Waals surface area contributed by atoms with Gasteiger partial charge in [0.1, 0.15) is 5.60 Å². The van der Waals surface area contributed by atoms with Crippen molar-refractivity contribution in [3.63, 3.8) is 0 Å². The van der Waals surface area contributed by atoms with Crippen LogP contribution in [0.2, 0.25) is 0 Å². The maximum absolute atomic E-state index is 12.4. The van der Waals surface area contributed by atoms with Gasteiger partial charge < -0.3 is 19.4 Å². The van der Waals surface area contributed by atoms with E-state index in [1.165, 1.54) is 9.80 Å². The van der Waals surface area contributed by atoms with E-state index >= 15 is 0 Å². The van der Waals surface area contributed by atoms with Gasteiger partial charge in [0.2, 0.25) is 0 Å². The van der Waals surface area contributed by atoms with Gasteiger partial charge in [0.15, 0.2) is 9.84 Å². The van der Waals surface area contributed by atoms with Crippen LogP contribution in [0, 0.1) is 0 Å². The molecule has 2 atom stereocenters. The molecule has 0 aromatic heterocycles.